The summed E-state index contributed by atoms with van der Waals surface area (Å²) in [5, 5.41) is 0.720. The van der Waals surface area contributed by atoms with Gasteiger partial charge >= 0.3 is 6.18 Å². The lowest BCUT2D eigenvalue weighted by Crippen LogP contribution is -2.07. The highest BCUT2D eigenvalue weighted by Gasteiger charge is 2.35. The van der Waals surface area contributed by atoms with E-state index in [9.17, 15) is 22.0 Å². The van der Waals surface area contributed by atoms with Crippen LogP contribution in [0.5, 0.6) is 0 Å². The Morgan fingerprint density at radius 2 is 1.53 bits per heavy atom. The van der Waals surface area contributed by atoms with E-state index in [0.717, 1.165) is 0 Å². The number of alkyl halides is 3. The van der Waals surface area contributed by atoms with Gasteiger partial charge in [0.2, 0.25) is 0 Å². The summed E-state index contributed by atoms with van der Waals surface area (Å²) in [6.45, 7) is 0. The van der Waals surface area contributed by atoms with Crippen molar-refractivity contribution in [3.8, 4) is 0 Å². The van der Waals surface area contributed by atoms with Crippen LogP contribution < -0.4 is 0 Å². The Labute approximate surface area is 108 Å². The number of rotatable bonds is 0. The monoisotopic (exact) mass is 288 g/mol. The van der Waals surface area contributed by atoms with Gasteiger partial charge in [-0.25, -0.2) is 8.78 Å². The van der Waals surface area contributed by atoms with Crippen molar-refractivity contribution in [3.05, 3.63) is 47.5 Å². The molecule has 0 saturated heterocycles. The van der Waals surface area contributed by atoms with Crippen molar-refractivity contribution in [2.45, 2.75) is 6.18 Å². The Hall–Kier alpha value is -1.69. The van der Waals surface area contributed by atoms with Gasteiger partial charge in [-0.15, -0.1) is 11.3 Å². The van der Waals surface area contributed by atoms with Crippen molar-refractivity contribution in [1.82, 2.24) is 0 Å². The maximum atomic E-state index is 13.9. The predicted molar refractivity (Wildman–Crippen MR) is 64.2 cm³/mol. The molecular weight excluding hydrogens is 283 g/mol. The normalized spacial score (nSPS) is 12.5. The standard InChI is InChI=1S/C13H5F5S/c14-9-3-1-2-6-7-4-5-8(13(16,17)18)10(15)12(7)19-11(6)9/h1-5H. The summed E-state index contributed by atoms with van der Waals surface area (Å²) in [7, 11) is 0. The largest absolute Gasteiger partial charge is 0.419 e. The van der Waals surface area contributed by atoms with Crippen LogP contribution in [0.3, 0.4) is 0 Å². The number of fused-ring (bicyclic) bond motifs is 3. The van der Waals surface area contributed by atoms with E-state index in [1.165, 1.54) is 18.2 Å². The van der Waals surface area contributed by atoms with Crippen molar-refractivity contribution in [3.63, 3.8) is 0 Å². The third-order valence-electron chi connectivity index (χ3n) is 2.86. The third-order valence-corrected chi connectivity index (χ3v) is 4.09. The number of thiophene rings is 1. The molecule has 2 aromatic carbocycles. The first-order valence-corrected chi connectivity index (χ1v) is 6.07. The Bertz CT molecular complexity index is 785. The molecule has 0 aliphatic heterocycles. The second-order valence-corrected chi connectivity index (χ2v) is 5.04. The summed E-state index contributed by atoms with van der Waals surface area (Å²) in [6, 6.07) is 6.07. The fourth-order valence-corrected chi connectivity index (χ4v) is 3.16. The van der Waals surface area contributed by atoms with Gasteiger partial charge < -0.3 is 0 Å². The summed E-state index contributed by atoms with van der Waals surface area (Å²) in [5.41, 5.74) is -1.33. The molecule has 0 N–H and O–H groups in total. The number of hydrogen-bond acceptors (Lipinski definition) is 1. The lowest BCUT2D eigenvalue weighted by molar-refractivity contribution is -0.139. The minimum atomic E-state index is -4.76. The van der Waals surface area contributed by atoms with Crippen LogP contribution in [-0.2, 0) is 6.18 Å². The predicted octanol–water partition coefficient (Wildman–Crippen LogP) is 5.35. The van der Waals surface area contributed by atoms with Crippen molar-refractivity contribution in [1.29, 1.82) is 0 Å². The highest BCUT2D eigenvalue weighted by Crippen LogP contribution is 2.41. The van der Waals surface area contributed by atoms with Gasteiger partial charge in [0.15, 0.2) is 5.82 Å². The summed E-state index contributed by atoms with van der Waals surface area (Å²) in [6.07, 6.45) is -4.76. The molecule has 19 heavy (non-hydrogen) atoms. The lowest BCUT2D eigenvalue weighted by atomic mass is 10.1. The van der Waals surface area contributed by atoms with Crippen LogP contribution in [0.4, 0.5) is 22.0 Å². The molecule has 0 spiro atoms. The van der Waals surface area contributed by atoms with E-state index in [1.807, 2.05) is 0 Å². The molecule has 3 aromatic rings. The molecule has 0 unspecified atom stereocenters. The lowest BCUT2D eigenvalue weighted by Gasteiger charge is -2.07. The first-order chi connectivity index (χ1) is 8.89. The second-order valence-electron chi connectivity index (χ2n) is 4.02. The van der Waals surface area contributed by atoms with E-state index in [4.69, 9.17) is 0 Å². The highest BCUT2D eigenvalue weighted by atomic mass is 32.1. The molecule has 0 atom stereocenters. The van der Waals surface area contributed by atoms with E-state index in [-0.39, 0.29) is 9.40 Å². The Kier molecular flexibility index (Phi) is 2.53. The summed E-state index contributed by atoms with van der Waals surface area (Å²) in [4.78, 5) is 0. The molecule has 0 nitrogen and oxygen atoms in total. The Morgan fingerprint density at radius 3 is 2.21 bits per heavy atom. The fraction of sp³-hybridized carbons (Fsp3) is 0.0769. The van der Waals surface area contributed by atoms with Gasteiger partial charge in [-0.05, 0) is 12.1 Å². The molecule has 0 amide bonds. The average molecular weight is 288 g/mol. The summed E-state index contributed by atoms with van der Waals surface area (Å²) in [5.74, 6) is -1.91. The molecule has 3 rings (SSSR count). The fourth-order valence-electron chi connectivity index (χ4n) is 2.01. The van der Waals surface area contributed by atoms with Crippen LogP contribution in [0.15, 0.2) is 30.3 Å². The first-order valence-electron chi connectivity index (χ1n) is 5.26. The maximum Gasteiger partial charge on any atom is 0.419 e. The van der Waals surface area contributed by atoms with Gasteiger partial charge in [-0.3, -0.25) is 0 Å². The van der Waals surface area contributed by atoms with Crippen molar-refractivity contribution in [2.75, 3.05) is 0 Å². The molecule has 0 bridgehead atoms. The van der Waals surface area contributed by atoms with Crippen LogP contribution in [0.25, 0.3) is 20.2 Å². The third kappa shape index (κ3) is 1.78. The molecular formula is C13H5F5S. The molecule has 0 aliphatic rings. The Balaban J connectivity index is 2.45. The molecule has 0 fully saturated rings. The van der Waals surface area contributed by atoms with E-state index >= 15 is 0 Å². The van der Waals surface area contributed by atoms with Gasteiger partial charge in [0, 0.05) is 10.8 Å². The molecule has 6 heteroatoms. The van der Waals surface area contributed by atoms with E-state index in [2.05, 4.69) is 0 Å². The van der Waals surface area contributed by atoms with E-state index < -0.39 is 23.4 Å². The van der Waals surface area contributed by atoms with Crippen LogP contribution in [0.1, 0.15) is 5.56 Å². The minimum Gasteiger partial charge on any atom is -0.205 e. The zero-order valence-electron chi connectivity index (χ0n) is 9.18. The van der Waals surface area contributed by atoms with E-state index in [0.29, 0.717) is 28.2 Å². The topological polar surface area (TPSA) is 0 Å². The van der Waals surface area contributed by atoms with Gasteiger partial charge in [-0.2, -0.15) is 13.2 Å². The van der Waals surface area contributed by atoms with E-state index in [1.54, 1.807) is 6.07 Å². The quantitative estimate of drug-likeness (QED) is 0.489. The number of benzene rings is 2. The Morgan fingerprint density at radius 1 is 0.842 bits per heavy atom. The second kappa shape index (κ2) is 3.90. The maximum absolute atomic E-state index is 13.9. The molecule has 1 heterocycles. The summed E-state index contributed by atoms with van der Waals surface area (Å²) < 4.78 is 65.3. The van der Waals surface area contributed by atoms with Crippen LogP contribution in [0, 0.1) is 11.6 Å². The van der Waals surface area contributed by atoms with Crippen LogP contribution >= 0.6 is 11.3 Å². The van der Waals surface area contributed by atoms with Crippen LogP contribution in [0.2, 0.25) is 0 Å². The minimum absolute atomic E-state index is 0.163. The molecule has 0 radical (unpaired) electrons. The average Bonchev–Trinajstić information content (AvgIpc) is 2.69. The van der Waals surface area contributed by atoms with Crippen molar-refractivity contribution >= 4 is 31.5 Å². The van der Waals surface area contributed by atoms with Crippen molar-refractivity contribution in [2.24, 2.45) is 0 Å². The molecule has 0 aliphatic carbocycles. The number of hydrogen-bond donors (Lipinski definition) is 0. The van der Waals surface area contributed by atoms with Crippen molar-refractivity contribution < 1.29 is 22.0 Å². The highest BCUT2D eigenvalue weighted by molar-refractivity contribution is 7.25. The van der Waals surface area contributed by atoms with Crippen LogP contribution in [-0.4, -0.2) is 0 Å². The molecule has 98 valence electrons. The first kappa shape index (κ1) is 12.3. The summed E-state index contributed by atoms with van der Waals surface area (Å²) >= 11 is 0.695. The zero-order valence-corrected chi connectivity index (χ0v) is 10.0. The number of halogens is 5. The molecule has 0 saturated carbocycles. The van der Waals surface area contributed by atoms with Gasteiger partial charge in [-0.1, -0.05) is 18.2 Å². The smallest absolute Gasteiger partial charge is 0.205 e. The van der Waals surface area contributed by atoms with Gasteiger partial charge in [0.1, 0.15) is 5.82 Å². The SMILES string of the molecule is Fc1cccc2c1sc1c(F)c(C(F)(F)F)ccc12. The van der Waals surface area contributed by atoms with Gasteiger partial charge in [0.05, 0.1) is 15.0 Å². The molecule has 1 aromatic heterocycles. The zero-order chi connectivity index (χ0) is 13.8. The van der Waals surface area contributed by atoms with Gasteiger partial charge in [0.25, 0.3) is 0 Å².